The molecule has 0 aliphatic carbocycles. The lowest BCUT2D eigenvalue weighted by molar-refractivity contribution is -0.113. The van der Waals surface area contributed by atoms with Crippen molar-refractivity contribution in [2.45, 2.75) is 30.8 Å². The predicted molar refractivity (Wildman–Crippen MR) is 143 cm³/mol. The first-order valence-corrected chi connectivity index (χ1v) is 12.7. The van der Waals surface area contributed by atoms with E-state index in [0.29, 0.717) is 39.4 Å². The van der Waals surface area contributed by atoms with E-state index in [2.05, 4.69) is 15.6 Å². The molecule has 2 N–H and O–H groups in total. The molecule has 1 aromatic heterocycles. The number of hydrogen-bond acceptors (Lipinski definition) is 6. The zero-order valence-electron chi connectivity index (χ0n) is 20.7. The molecule has 5 rings (SSSR count). The lowest BCUT2D eigenvalue weighted by atomic mass is 9.94. The summed E-state index contributed by atoms with van der Waals surface area (Å²) in [5.74, 6) is 1.10. The Morgan fingerprint density at radius 1 is 1.11 bits per heavy atom. The van der Waals surface area contributed by atoms with Gasteiger partial charge in [-0.1, -0.05) is 60.3 Å². The maximum atomic E-state index is 15.1. The van der Waals surface area contributed by atoms with Crippen LogP contribution in [0.5, 0.6) is 5.75 Å². The molecule has 4 aromatic rings. The molecule has 0 unspecified atom stereocenters. The number of nitrogens with one attached hydrogen (secondary N) is 2. The van der Waals surface area contributed by atoms with Crippen LogP contribution in [0.25, 0.3) is 0 Å². The lowest BCUT2D eigenvalue weighted by Crippen LogP contribution is -2.32. The van der Waals surface area contributed by atoms with E-state index in [4.69, 9.17) is 9.84 Å². The molecule has 7 nitrogen and oxygen atoms in total. The molecular weight excluding hydrogens is 489 g/mol. The highest BCUT2D eigenvalue weighted by Crippen LogP contribution is 2.38. The summed E-state index contributed by atoms with van der Waals surface area (Å²) in [5.41, 5.74) is 3.98. The molecule has 0 fully saturated rings. The standard InChI is InChI=1S/C28H26FN5O2S/c1-17-9-4-7-14-23(17)31-26(35)24-18(2)30-27-32-28(37-16-19-10-8-11-20(15-19)36-3)33-34(27)25(24)21-12-5-6-13-22(21)29/h4-15,25H,16H2,1-3H3,(H,31,35)(H,30,32,33)/t25-/m1/s1. The minimum Gasteiger partial charge on any atom is -0.497 e. The summed E-state index contributed by atoms with van der Waals surface area (Å²) in [6.07, 6.45) is 0. The first kappa shape index (κ1) is 24.6. The molecule has 0 spiro atoms. The summed E-state index contributed by atoms with van der Waals surface area (Å²) in [4.78, 5) is 18.2. The molecule has 1 aliphatic rings. The van der Waals surface area contributed by atoms with E-state index in [-0.39, 0.29) is 5.91 Å². The maximum Gasteiger partial charge on any atom is 0.255 e. The fourth-order valence-electron chi connectivity index (χ4n) is 4.28. The van der Waals surface area contributed by atoms with Crippen molar-refractivity contribution in [2.24, 2.45) is 0 Å². The van der Waals surface area contributed by atoms with E-state index < -0.39 is 11.9 Å². The van der Waals surface area contributed by atoms with Crippen LogP contribution in [0.2, 0.25) is 0 Å². The second-order valence-corrected chi connectivity index (χ2v) is 9.60. The van der Waals surface area contributed by atoms with Crippen molar-refractivity contribution in [3.05, 3.63) is 107 Å². The van der Waals surface area contributed by atoms with Crippen LogP contribution >= 0.6 is 11.8 Å². The Kier molecular flexibility index (Phi) is 6.96. The maximum absolute atomic E-state index is 15.1. The SMILES string of the molecule is COc1cccc(CSc2nc3n(n2)[C@H](c2ccccc2F)C(C(=O)Nc2ccccc2C)=C(C)N3)c1. The van der Waals surface area contributed by atoms with Gasteiger partial charge in [-0.15, -0.1) is 5.10 Å². The largest absolute Gasteiger partial charge is 0.497 e. The smallest absolute Gasteiger partial charge is 0.255 e. The van der Waals surface area contributed by atoms with Crippen LogP contribution in [0.3, 0.4) is 0 Å². The third kappa shape index (κ3) is 5.08. The van der Waals surface area contributed by atoms with Gasteiger partial charge in [0.25, 0.3) is 5.91 Å². The van der Waals surface area contributed by atoms with Crippen molar-refractivity contribution in [1.82, 2.24) is 14.8 Å². The number of ether oxygens (including phenoxy) is 1. The van der Waals surface area contributed by atoms with Gasteiger partial charge < -0.3 is 15.4 Å². The van der Waals surface area contributed by atoms with Crippen molar-refractivity contribution in [3.63, 3.8) is 0 Å². The number of carbonyl (C=O) groups excluding carboxylic acids is 1. The lowest BCUT2D eigenvalue weighted by Gasteiger charge is -2.29. The summed E-state index contributed by atoms with van der Waals surface area (Å²) >= 11 is 1.45. The van der Waals surface area contributed by atoms with Gasteiger partial charge in [0.2, 0.25) is 11.1 Å². The number of rotatable bonds is 7. The van der Waals surface area contributed by atoms with Crippen molar-refractivity contribution >= 4 is 29.3 Å². The molecule has 0 saturated carbocycles. The average Bonchev–Trinajstić information content (AvgIpc) is 3.31. The van der Waals surface area contributed by atoms with Gasteiger partial charge in [-0.05, 0) is 49.2 Å². The number of benzene rings is 3. The van der Waals surface area contributed by atoms with Gasteiger partial charge in [0.15, 0.2) is 0 Å². The van der Waals surface area contributed by atoms with E-state index in [1.165, 1.54) is 17.8 Å². The summed E-state index contributed by atoms with van der Waals surface area (Å²) < 4.78 is 22.0. The van der Waals surface area contributed by atoms with Gasteiger partial charge in [0, 0.05) is 22.7 Å². The van der Waals surface area contributed by atoms with Crippen molar-refractivity contribution in [1.29, 1.82) is 0 Å². The Bertz CT molecular complexity index is 1500. The molecule has 0 saturated heterocycles. The molecule has 0 bridgehead atoms. The average molecular weight is 516 g/mol. The number of fused-ring (bicyclic) bond motifs is 1. The first-order valence-electron chi connectivity index (χ1n) is 11.8. The number of aromatic nitrogens is 3. The monoisotopic (exact) mass is 515 g/mol. The zero-order valence-corrected chi connectivity index (χ0v) is 21.5. The number of anilines is 2. The van der Waals surface area contributed by atoms with E-state index >= 15 is 4.39 Å². The van der Waals surface area contributed by atoms with Gasteiger partial charge in [-0.3, -0.25) is 4.79 Å². The molecule has 2 heterocycles. The number of para-hydroxylation sites is 1. The van der Waals surface area contributed by atoms with Crippen LogP contribution in [-0.4, -0.2) is 27.8 Å². The number of thioether (sulfide) groups is 1. The zero-order chi connectivity index (χ0) is 25.9. The minimum absolute atomic E-state index is 0.334. The molecule has 37 heavy (non-hydrogen) atoms. The van der Waals surface area contributed by atoms with Crippen molar-refractivity contribution < 1.29 is 13.9 Å². The molecule has 3 aromatic carbocycles. The summed E-state index contributed by atoms with van der Waals surface area (Å²) in [6, 6.07) is 21.0. The number of halogens is 1. The highest BCUT2D eigenvalue weighted by Gasteiger charge is 2.36. The third-order valence-electron chi connectivity index (χ3n) is 6.17. The van der Waals surface area contributed by atoms with E-state index in [1.807, 2.05) is 55.5 Å². The highest BCUT2D eigenvalue weighted by molar-refractivity contribution is 7.98. The number of methoxy groups -OCH3 is 1. The molecule has 188 valence electrons. The number of nitrogens with zero attached hydrogens (tertiary/aromatic N) is 3. The normalized spacial score (nSPS) is 14.6. The second-order valence-electron chi connectivity index (χ2n) is 8.66. The van der Waals surface area contributed by atoms with E-state index in [9.17, 15) is 4.79 Å². The quantitative estimate of drug-likeness (QED) is 0.296. The summed E-state index contributed by atoms with van der Waals surface area (Å²) in [5, 5.41) is 11.4. The molecular formula is C28H26FN5O2S. The third-order valence-corrected chi connectivity index (χ3v) is 7.08. The van der Waals surface area contributed by atoms with Crippen molar-refractivity contribution in [3.8, 4) is 5.75 Å². The molecule has 1 atom stereocenters. The Morgan fingerprint density at radius 2 is 1.89 bits per heavy atom. The minimum atomic E-state index is -0.792. The Labute approximate surface area is 218 Å². The van der Waals surface area contributed by atoms with Crippen LogP contribution in [-0.2, 0) is 10.5 Å². The molecule has 1 aliphatic heterocycles. The fourth-order valence-corrected chi connectivity index (χ4v) is 5.06. The number of carbonyl (C=O) groups is 1. The predicted octanol–water partition coefficient (Wildman–Crippen LogP) is 5.95. The van der Waals surface area contributed by atoms with Crippen LogP contribution < -0.4 is 15.4 Å². The van der Waals surface area contributed by atoms with Crippen LogP contribution in [0.1, 0.15) is 29.7 Å². The number of aryl methyl sites for hydroxylation is 1. The van der Waals surface area contributed by atoms with Gasteiger partial charge in [-0.2, -0.15) is 4.98 Å². The Morgan fingerprint density at radius 3 is 2.68 bits per heavy atom. The topological polar surface area (TPSA) is 81.1 Å². The molecule has 9 heteroatoms. The molecule has 1 amide bonds. The number of hydrogen-bond donors (Lipinski definition) is 2. The van der Waals surface area contributed by atoms with Gasteiger partial charge in [0.05, 0.1) is 12.7 Å². The van der Waals surface area contributed by atoms with Crippen LogP contribution in [0.15, 0.2) is 89.2 Å². The number of allylic oxidation sites excluding steroid dienone is 1. The van der Waals surface area contributed by atoms with E-state index in [0.717, 1.165) is 16.9 Å². The van der Waals surface area contributed by atoms with Crippen LogP contribution in [0.4, 0.5) is 16.0 Å². The number of amides is 1. The van der Waals surface area contributed by atoms with Crippen LogP contribution in [0, 0.1) is 12.7 Å². The molecule has 0 radical (unpaired) electrons. The Balaban J connectivity index is 1.49. The van der Waals surface area contributed by atoms with Gasteiger partial charge in [-0.25, -0.2) is 9.07 Å². The second kappa shape index (κ2) is 10.5. The first-order chi connectivity index (χ1) is 17.9. The van der Waals surface area contributed by atoms with Crippen molar-refractivity contribution in [2.75, 3.05) is 17.7 Å². The fraction of sp³-hybridized carbons (Fsp3) is 0.179. The van der Waals surface area contributed by atoms with Gasteiger partial charge in [0.1, 0.15) is 17.6 Å². The summed E-state index contributed by atoms with van der Waals surface area (Å²) in [6.45, 7) is 3.72. The van der Waals surface area contributed by atoms with E-state index in [1.54, 1.807) is 36.9 Å². The Hall–Kier alpha value is -4.11. The summed E-state index contributed by atoms with van der Waals surface area (Å²) in [7, 11) is 1.63. The highest BCUT2D eigenvalue weighted by atomic mass is 32.2. The van der Waals surface area contributed by atoms with Gasteiger partial charge >= 0.3 is 0 Å².